The van der Waals surface area contributed by atoms with Gasteiger partial charge in [-0.05, 0) is 24.1 Å². The lowest BCUT2D eigenvalue weighted by Gasteiger charge is -2.17. The van der Waals surface area contributed by atoms with E-state index >= 15 is 0 Å². The summed E-state index contributed by atoms with van der Waals surface area (Å²) in [6, 6.07) is 21.0. The molecule has 4 aromatic rings. The molecular formula is C23H19NO3. The van der Waals surface area contributed by atoms with E-state index in [4.69, 9.17) is 4.74 Å². The fourth-order valence-electron chi connectivity index (χ4n) is 3.33. The number of ether oxygens (including phenoxy) is 1. The average molecular weight is 357 g/mol. The Labute approximate surface area is 157 Å². The van der Waals surface area contributed by atoms with E-state index in [1.807, 2.05) is 73.7 Å². The minimum absolute atomic E-state index is 0.225. The van der Waals surface area contributed by atoms with Crippen molar-refractivity contribution < 1.29 is 14.6 Å². The van der Waals surface area contributed by atoms with E-state index in [1.54, 1.807) is 0 Å². The molecule has 0 aliphatic heterocycles. The van der Waals surface area contributed by atoms with Crippen molar-refractivity contribution in [2.45, 2.75) is 13.3 Å². The largest absolute Gasteiger partial charge is 0.493 e. The van der Waals surface area contributed by atoms with E-state index in [2.05, 4.69) is 4.98 Å². The number of para-hydroxylation sites is 1. The van der Waals surface area contributed by atoms with Gasteiger partial charge in [-0.2, -0.15) is 0 Å². The molecule has 0 saturated heterocycles. The summed E-state index contributed by atoms with van der Waals surface area (Å²) in [6.45, 7) is 2.53. The summed E-state index contributed by atoms with van der Waals surface area (Å²) in [5.74, 6) is -0.436. The number of fused-ring (bicyclic) bond motifs is 2. The van der Waals surface area contributed by atoms with Crippen molar-refractivity contribution in [1.82, 2.24) is 4.98 Å². The molecule has 134 valence electrons. The normalized spacial score (nSPS) is 11.0. The van der Waals surface area contributed by atoms with Gasteiger partial charge in [0, 0.05) is 22.4 Å². The maximum atomic E-state index is 12.3. The Morgan fingerprint density at radius 2 is 1.74 bits per heavy atom. The molecule has 1 N–H and O–H groups in total. The number of carbonyl (C=O) groups is 1. The van der Waals surface area contributed by atoms with E-state index in [-0.39, 0.29) is 5.56 Å². The number of pyridine rings is 1. The molecule has 0 bridgehead atoms. The van der Waals surface area contributed by atoms with Gasteiger partial charge in [0.25, 0.3) is 0 Å². The topological polar surface area (TPSA) is 59.4 Å². The van der Waals surface area contributed by atoms with Gasteiger partial charge in [0.15, 0.2) is 0 Å². The predicted molar refractivity (Wildman–Crippen MR) is 107 cm³/mol. The average Bonchev–Trinajstić information content (AvgIpc) is 2.70. The molecule has 1 aromatic heterocycles. The predicted octanol–water partition coefficient (Wildman–Crippen LogP) is 5.54. The first kappa shape index (κ1) is 17.0. The van der Waals surface area contributed by atoms with Gasteiger partial charge in [0.2, 0.25) is 0 Å². The molecule has 0 spiro atoms. The van der Waals surface area contributed by atoms with Crippen LogP contribution in [0.25, 0.3) is 32.9 Å². The van der Waals surface area contributed by atoms with E-state index < -0.39 is 5.97 Å². The van der Waals surface area contributed by atoms with Crippen LogP contribution in [0.4, 0.5) is 0 Å². The van der Waals surface area contributed by atoms with Crippen molar-refractivity contribution in [2.75, 3.05) is 6.61 Å². The number of hydrogen-bond acceptors (Lipinski definition) is 3. The van der Waals surface area contributed by atoms with E-state index in [1.165, 1.54) is 0 Å². The van der Waals surface area contributed by atoms with Gasteiger partial charge in [-0.15, -0.1) is 0 Å². The van der Waals surface area contributed by atoms with Crippen LogP contribution in [0, 0.1) is 0 Å². The first-order chi connectivity index (χ1) is 13.2. The van der Waals surface area contributed by atoms with Crippen LogP contribution in [0.15, 0.2) is 66.7 Å². The molecule has 1 heterocycles. The lowest BCUT2D eigenvalue weighted by molar-refractivity contribution is 0.0699. The highest BCUT2D eigenvalue weighted by Gasteiger charge is 2.22. The van der Waals surface area contributed by atoms with Crippen LogP contribution in [0.2, 0.25) is 0 Å². The van der Waals surface area contributed by atoms with Gasteiger partial charge in [-0.1, -0.05) is 55.5 Å². The van der Waals surface area contributed by atoms with E-state index in [0.29, 0.717) is 28.8 Å². The molecule has 0 amide bonds. The Morgan fingerprint density at radius 3 is 2.48 bits per heavy atom. The first-order valence-corrected chi connectivity index (χ1v) is 8.97. The van der Waals surface area contributed by atoms with E-state index in [9.17, 15) is 9.90 Å². The third-order valence-electron chi connectivity index (χ3n) is 4.53. The van der Waals surface area contributed by atoms with Gasteiger partial charge in [-0.25, -0.2) is 9.78 Å². The summed E-state index contributed by atoms with van der Waals surface area (Å²) in [7, 11) is 0. The molecule has 0 atom stereocenters. The number of benzene rings is 3. The van der Waals surface area contributed by atoms with Crippen LogP contribution in [0.5, 0.6) is 5.75 Å². The summed E-state index contributed by atoms with van der Waals surface area (Å²) in [5, 5.41) is 11.6. The van der Waals surface area contributed by atoms with Crippen molar-refractivity contribution >= 4 is 27.8 Å². The number of nitrogens with zero attached hydrogens (tertiary/aromatic N) is 1. The minimum Gasteiger partial charge on any atom is -0.493 e. The highest BCUT2D eigenvalue weighted by Crippen LogP contribution is 2.39. The highest BCUT2D eigenvalue weighted by atomic mass is 16.5. The molecule has 0 aliphatic carbocycles. The Kier molecular flexibility index (Phi) is 4.47. The number of hydrogen-bond donors (Lipinski definition) is 1. The van der Waals surface area contributed by atoms with Crippen molar-refractivity contribution in [1.29, 1.82) is 0 Å². The molecule has 0 unspecified atom stereocenters. The minimum atomic E-state index is -0.988. The highest BCUT2D eigenvalue weighted by molar-refractivity contribution is 6.12. The third-order valence-corrected chi connectivity index (χ3v) is 4.53. The van der Waals surface area contributed by atoms with E-state index in [0.717, 1.165) is 22.9 Å². The van der Waals surface area contributed by atoms with Crippen LogP contribution in [-0.4, -0.2) is 22.7 Å². The molecule has 0 saturated carbocycles. The monoisotopic (exact) mass is 357 g/mol. The van der Waals surface area contributed by atoms with Crippen LogP contribution in [0.1, 0.15) is 23.7 Å². The van der Waals surface area contributed by atoms with Crippen LogP contribution >= 0.6 is 0 Å². The molecule has 0 aliphatic rings. The Morgan fingerprint density at radius 1 is 1.00 bits per heavy atom. The summed E-state index contributed by atoms with van der Waals surface area (Å²) >= 11 is 0. The summed E-state index contributed by atoms with van der Waals surface area (Å²) in [6.07, 6.45) is 0.833. The van der Waals surface area contributed by atoms with Crippen molar-refractivity contribution in [3.63, 3.8) is 0 Å². The quantitative estimate of drug-likeness (QED) is 0.476. The maximum Gasteiger partial charge on any atom is 0.337 e. The van der Waals surface area contributed by atoms with Gasteiger partial charge in [0.1, 0.15) is 5.75 Å². The standard InChI is InChI=1S/C23H19NO3/c1-2-12-27-20-14-19-17(13-16-10-6-7-11-18(16)24-19)22(23(25)26)21(20)15-8-4-3-5-9-15/h3-11,13-14H,2,12H2,1H3,(H,25,26). The summed E-state index contributed by atoms with van der Waals surface area (Å²) in [5.41, 5.74) is 3.09. The lowest BCUT2D eigenvalue weighted by Crippen LogP contribution is -2.06. The molecule has 0 radical (unpaired) electrons. The second kappa shape index (κ2) is 7.08. The molecule has 4 nitrogen and oxygen atoms in total. The van der Waals surface area contributed by atoms with Crippen molar-refractivity contribution in [3.8, 4) is 16.9 Å². The lowest BCUT2D eigenvalue weighted by atomic mass is 9.94. The number of aromatic carboxylic acids is 1. The molecule has 4 rings (SSSR count). The fraction of sp³-hybridized carbons (Fsp3) is 0.130. The molecule has 0 fully saturated rings. The Balaban J connectivity index is 2.12. The smallest absolute Gasteiger partial charge is 0.337 e. The molecule has 3 aromatic carbocycles. The fourth-order valence-corrected chi connectivity index (χ4v) is 3.33. The van der Waals surface area contributed by atoms with Crippen LogP contribution in [0.3, 0.4) is 0 Å². The van der Waals surface area contributed by atoms with Crippen molar-refractivity contribution in [2.24, 2.45) is 0 Å². The first-order valence-electron chi connectivity index (χ1n) is 8.97. The molecule has 4 heteroatoms. The zero-order valence-corrected chi connectivity index (χ0v) is 15.0. The van der Waals surface area contributed by atoms with Gasteiger partial charge in [-0.3, -0.25) is 0 Å². The SMILES string of the molecule is CCCOc1cc2nc3ccccc3cc2c(C(=O)O)c1-c1ccccc1. The number of aromatic nitrogens is 1. The number of carboxylic acid groups (broad SMARTS) is 1. The maximum absolute atomic E-state index is 12.3. The summed E-state index contributed by atoms with van der Waals surface area (Å²) in [4.78, 5) is 17.0. The Hall–Kier alpha value is -3.40. The number of carboxylic acids is 1. The second-order valence-corrected chi connectivity index (χ2v) is 6.39. The van der Waals surface area contributed by atoms with Gasteiger partial charge >= 0.3 is 5.97 Å². The Bertz CT molecular complexity index is 1140. The van der Waals surface area contributed by atoms with Crippen molar-refractivity contribution in [3.05, 3.63) is 72.3 Å². The summed E-state index contributed by atoms with van der Waals surface area (Å²) < 4.78 is 5.95. The third kappa shape index (κ3) is 3.10. The zero-order valence-electron chi connectivity index (χ0n) is 15.0. The molecular weight excluding hydrogens is 338 g/mol. The van der Waals surface area contributed by atoms with Crippen LogP contribution in [-0.2, 0) is 0 Å². The van der Waals surface area contributed by atoms with Gasteiger partial charge < -0.3 is 9.84 Å². The van der Waals surface area contributed by atoms with Crippen LogP contribution < -0.4 is 4.74 Å². The second-order valence-electron chi connectivity index (χ2n) is 6.39. The van der Waals surface area contributed by atoms with Gasteiger partial charge in [0.05, 0.1) is 23.2 Å². The molecule has 27 heavy (non-hydrogen) atoms. The number of rotatable bonds is 5. The zero-order chi connectivity index (χ0) is 18.8.